The van der Waals surface area contributed by atoms with Crippen LogP contribution in [0.4, 0.5) is 0 Å². The van der Waals surface area contributed by atoms with E-state index in [4.69, 9.17) is 5.11 Å². The third-order valence-corrected chi connectivity index (χ3v) is 0.802. The number of hydrogen-bond acceptors (Lipinski definition) is 2. The Morgan fingerprint density at radius 1 is 1.12 bits per heavy atom. The molecule has 2 nitrogen and oxygen atoms in total. The van der Waals surface area contributed by atoms with Gasteiger partial charge in [-0.3, -0.25) is 0 Å². The second-order valence-electron chi connectivity index (χ2n) is 1.49. The molecule has 0 unspecified atom stereocenters. The van der Waals surface area contributed by atoms with Gasteiger partial charge in [0, 0.05) is 6.61 Å². The number of rotatable bonds is 4. The number of unbranched alkanes of at least 4 members (excludes halogenated alkanes) is 2. The average Bonchev–Trinajstić information content (AvgIpc) is 1.69. The van der Waals surface area contributed by atoms with Gasteiger partial charge in [-0.25, -0.2) is 0 Å². The molecule has 0 aliphatic carbocycles. The van der Waals surface area contributed by atoms with Crippen molar-refractivity contribution in [3.05, 3.63) is 0 Å². The third kappa shape index (κ3) is 10.0. The molecule has 0 bridgehead atoms. The maximum Gasteiger partial charge on any atom is 1.00 e. The van der Waals surface area contributed by atoms with Gasteiger partial charge in [0.15, 0.2) is 0 Å². The first-order chi connectivity index (χ1) is 3.41. The van der Waals surface area contributed by atoms with E-state index in [2.05, 4.69) is 0 Å². The second-order valence-corrected chi connectivity index (χ2v) is 1.49. The summed E-state index contributed by atoms with van der Waals surface area (Å²) in [5.74, 6) is 0. The van der Waals surface area contributed by atoms with Crippen molar-refractivity contribution in [2.24, 2.45) is 0 Å². The molecule has 0 atom stereocenters. The molecule has 0 spiro atoms. The molecule has 0 aromatic carbocycles. The van der Waals surface area contributed by atoms with Crippen LogP contribution in [0.15, 0.2) is 0 Å². The van der Waals surface area contributed by atoms with Crippen LogP contribution >= 0.6 is 0 Å². The summed E-state index contributed by atoms with van der Waals surface area (Å²) >= 11 is 0. The molecule has 0 fully saturated rings. The van der Waals surface area contributed by atoms with Crippen LogP contribution in [0.25, 0.3) is 0 Å². The Morgan fingerprint density at radius 2 is 1.75 bits per heavy atom. The summed E-state index contributed by atoms with van der Waals surface area (Å²) in [6.45, 7) is 0.222. The Hall–Kier alpha value is 0.920. The molecule has 44 valence electrons. The summed E-state index contributed by atoms with van der Waals surface area (Å²) in [6, 6.07) is 0. The van der Waals surface area contributed by atoms with E-state index >= 15 is 0 Å². The summed E-state index contributed by atoms with van der Waals surface area (Å²) in [6.07, 6.45) is 2.36. The third-order valence-electron chi connectivity index (χ3n) is 0.802. The van der Waals surface area contributed by atoms with Crippen molar-refractivity contribution >= 4 is 0 Å². The minimum atomic E-state index is 0. The molecule has 0 aliphatic rings. The van der Waals surface area contributed by atoms with Gasteiger partial charge < -0.3 is 10.2 Å². The van der Waals surface area contributed by atoms with Crippen LogP contribution in [0.2, 0.25) is 0 Å². The Bertz CT molecular complexity index is 29.6. The summed E-state index contributed by atoms with van der Waals surface area (Å²) in [5, 5.41) is 17.9. The number of hydrogen-bond donors (Lipinski definition) is 1. The summed E-state index contributed by atoms with van der Waals surface area (Å²) in [5.41, 5.74) is 0. The van der Waals surface area contributed by atoms with Crippen molar-refractivity contribution in [1.29, 1.82) is 0 Å². The van der Waals surface area contributed by atoms with Gasteiger partial charge in [0.05, 0.1) is 0 Å². The van der Waals surface area contributed by atoms with Crippen molar-refractivity contribution in [2.75, 3.05) is 13.2 Å². The molecule has 0 heterocycles. The minimum Gasteiger partial charge on any atom is -0.854 e. The molecule has 3 heteroatoms. The fourth-order valence-electron chi connectivity index (χ4n) is 0.391. The molecule has 0 aromatic heterocycles. The van der Waals surface area contributed by atoms with Gasteiger partial charge in [0.1, 0.15) is 0 Å². The van der Waals surface area contributed by atoms with Crippen LogP contribution in [0.1, 0.15) is 19.3 Å². The minimum absolute atomic E-state index is 0. The first-order valence-corrected chi connectivity index (χ1v) is 2.60. The van der Waals surface area contributed by atoms with E-state index in [0.717, 1.165) is 12.8 Å². The molecule has 8 heavy (non-hydrogen) atoms. The Labute approximate surface area is 72.2 Å². The first-order valence-electron chi connectivity index (χ1n) is 2.60. The average molecular weight is 126 g/mol. The van der Waals surface area contributed by atoms with Crippen molar-refractivity contribution in [2.45, 2.75) is 19.3 Å². The predicted molar refractivity (Wildman–Crippen MR) is 25.8 cm³/mol. The molecular weight excluding hydrogens is 115 g/mol. The molecule has 0 saturated carbocycles. The fraction of sp³-hybridized carbons (Fsp3) is 1.00. The van der Waals surface area contributed by atoms with Gasteiger partial charge in [0.25, 0.3) is 0 Å². The summed E-state index contributed by atoms with van der Waals surface area (Å²) < 4.78 is 0. The van der Waals surface area contributed by atoms with Crippen LogP contribution in [0, 0.1) is 0 Å². The smallest absolute Gasteiger partial charge is 0.854 e. The molecule has 0 radical (unpaired) electrons. The van der Waals surface area contributed by atoms with Gasteiger partial charge in [0.2, 0.25) is 0 Å². The topological polar surface area (TPSA) is 43.3 Å². The number of aliphatic hydroxyl groups excluding tert-OH is 1. The molecule has 0 rings (SSSR count). The van der Waals surface area contributed by atoms with Crippen LogP contribution in [-0.2, 0) is 0 Å². The van der Waals surface area contributed by atoms with Crippen molar-refractivity contribution in [3.8, 4) is 0 Å². The van der Waals surface area contributed by atoms with E-state index in [-0.39, 0.29) is 42.8 Å². The first kappa shape index (κ1) is 11.7. The predicted octanol–water partition coefficient (Wildman–Crippen LogP) is -3.49. The molecule has 0 aromatic rings. The largest absolute Gasteiger partial charge is 1.00 e. The van der Waals surface area contributed by atoms with E-state index in [1.165, 1.54) is 0 Å². The standard InChI is InChI=1S/C5H11O2.Na/c6-4-2-1-3-5-7;/h6H,1-5H2;/q-1;+1. The Balaban J connectivity index is 0. The summed E-state index contributed by atoms with van der Waals surface area (Å²) in [4.78, 5) is 0. The zero-order valence-electron chi connectivity index (χ0n) is 5.39. The van der Waals surface area contributed by atoms with E-state index in [1.807, 2.05) is 0 Å². The molecule has 0 aliphatic heterocycles. The Kier molecular flexibility index (Phi) is 15.8. The monoisotopic (exact) mass is 126 g/mol. The zero-order valence-corrected chi connectivity index (χ0v) is 7.39. The van der Waals surface area contributed by atoms with Crippen molar-refractivity contribution in [3.63, 3.8) is 0 Å². The maximum absolute atomic E-state index is 9.72. The van der Waals surface area contributed by atoms with E-state index in [1.54, 1.807) is 0 Å². The van der Waals surface area contributed by atoms with Crippen LogP contribution < -0.4 is 34.7 Å². The quantitative estimate of drug-likeness (QED) is 0.314. The van der Waals surface area contributed by atoms with Gasteiger partial charge >= 0.3 is 29.6 Å². The fourth-order valence-corrected chi connectivity index (χ4v) is 0.391. The van der Waals surface area contributed by atoms with Crippen LogP contribution in [0.5, 0.6) is 0 Å². The van der Waals surface area contributed by atoms with Gasteiger partial charge in [-0.05, 0) is 6.42 Å². The van der Waals surface area contributed by atoms with Gasteiger partial charge in [-0.1, -0.05) is 12.8 Å². The van der Waals surface area contributed by atoms with E-state index < -0.39 is 0 Å². The normalized spacial score (nSPS) is 8.25. The Morgan fingerprint density at radius 3 is 2.12 bits per heavy atom. The second kappa shape index (κ2) is 10.8. The van der Waals surface area contributed by atoms with Crippen molar-refractivity contribution < 1.29 is 39.8 Å². The zero-order chi connectivity index (χ0) is 5.54. The molecular formula is C5H11NaO2. The molecule has 0 saturated heterocycles. The van der Waals surface area contributed by atoms with Crippen LogP contribution in [-0.4, -0.2) is 18.3 Å². The van der Waals surface area contributed by atoms with Crippen molar-refractivity contribution in [1.82, 2.24) is 0 Å². The van der Waals surface area contributed by atoms with Gasteiger partial charge in [-0.15, -0.1) is 6.61 Å². The SMILES string of the molecule is [Na+].[O-]CCCCCO. The van der Waals surface area contributed by atoms with Crippen LogP contribution in [0.3, 0.4) is 0 Å². The van der Waals surface area contributed by atoms with Gasteiger partial charge in [-0.2, -0.15) is 0 Å². The van der Waals surface area contributed by atoms with E-state index in [9.17, 15) is 5.11 Å². The van der Waals surface area contributed by atoms with E-state index in [0.29, 0.717) is 6.42 Å². The summed E-state index contributed by atoms with van der Waals surface area (Å²) in [7, 11) is 0. The molecule has 0 amide bonds. The maximum atomic E-state index is 9.72. The number of aliphatic hydroxyl groups is 1. The molecule has 1 N–H and O–H groups in total.